The first-order valence-corrected chi connectivity index (χ1v) is 5.48. The summed E-state index contributed by atoms with van der Waals surface area (Å²) >= 11 is 0. The van der Waals surface area contributed by atoms with Crippen LogP contribution >= 0.6 is 0 Å². The van der Waals surface area contributed by atoms with E-state index in [2.05, 4.69) is 4.98 Å². The Morgan fingerprint density at radius 2 is 2.19 bits per heavy atom. The van der Waals surface area contributed by atoms with E-state index in [1.54, 1.807) is 0 Å². The minimum atomic E-state index is -0.414. The predicted molar refractivity (Wildman–Crippen MR) is 56.7 cm³/mol. The molecular formula is C12H14FNO2. The zero-order valence-corrected chi connectivity index (χ0v) is 8.99. The van der Waals surface area contributed by atoms with E-state index >= 15 is 0 Å². The molecule has 1 aromatic heterocycles. The summed E-state index contributed by atoms with van der Waals surface area (Å²) in [5.74, 6) is -0.0392. The number of hydrogen-bond donors (Lipinski definition) is 0. The van der Waals surface area contributed by atoms with Crippen molar-refractivity contribution in [1.82, 2.24) is 4.98 Å². The normalized spacial score (nSPS) is 17.3. The van der Waals surface area contributed by atoms with Gasteiger partial charge in [-0.15, -0.1) is 0 Å². The van der Waals surface area contributed by atoms with Crippen LogP contribution in [0.15, 0.2) is 18.3 Å². The second-order valence-electron chi connectivity index (χ2n) is 4.04. The lowest BCUT2D eigenvalue weighted by molar-refractivity contribution is 0.0599. The quantitative estimate of drug-likeness (QED) is 0.737. The Balaban J connectivity index is 1.94. The minimum Gasteiger partial charge on any atom is -0.381 e. The summed E-state index contributed by atoms with van der Waals surface area (Å²) in [4.78, 5) is 15.6. The van der Waals surface area contributed by atoms with E-state index in [1.165, 1.54) is 12.1 Å². The van der Waals surface area contributed by atoms with Gasteiger partial charge in [-0.25, -0.2) is 4.39 Å². The van der Waals surface area contributed by atoms with Crippen molar-refractivity contribution in [3.63, 3.8) is 0 Å². The van der Waals surface area contributed by atoms with Crippen LogP contribution in [0, 0.1) is 11.7 Å². The molecule has 0 N–H and O–H groups in total. The minimum absolute atomic E-state index is 0.00750. The maximum absolute atomic E-state index is 12.6. The first kappa shape index (κ1) is 11.2. The summed E-state index contributed by atoms with van der Waals surface area (Å²) in [7, 11) is 0. The molecule has 0 atom stereocenters. The standard InChI is InChI=1S/C12H14FNO2/c13-10-1-2-11(14-8-10)12(15)7-9-3-5-16-6-4-9/h1-2,8-9H,3-7H2. The molecule has 0 bridgehead atoms. The monoisotopic (exact) mass is 223 g/mol. The molecule has 0 unspecified atom stereocenters. The molecule has 0 saturated carbocycles. The lowest BCUT2D eigenvalue weighted by atomic mass is 9.93. The van der Waals surface area contributed by atoms with Crippen molar-refractivity contribution >= 4 is 5.78 Å². The van der Waals surface area contributed by atoms with Crippen LogP contribution < -0.4 is 0 Å². The molecule has 0 aliphatic carbocycles. The molecule has 1 saturated heterocycles. The van der Waals surface area contributed by atoms with E-state index in [-0.39, 0.29) is 5.78 Å². The highest BCUT2D eigenvalue weighted by molar-refractivity contribution is 5.94. The SMILES string of the molecule is O=C(CC1CCOCC1)c1ccc(F)cn1. The Bertz CT molecular complexity index is 358. The number of halogens is 1. The molecule has 0 amide bonds. The Morgan fingerprint density at radius 1 is 1.44 bits per heavy atom. The third kappa shape index (κ3) is 2.85. The number of ether oxygens (including phenoxy) is 1. The van der Waals surface area contributed by atoms with Crippen LogP contribution in [-0.2, 0) is 4.74 Å². The third-order valence-electron chi connectivity index (χ3n) is 2.83. The van der Waals surface area contributed by atoms with Crippen molar-refractivity contribution in [2.45, 2.75) is 19.3 Å². The highest BCUT2D eigenvalue weighted by atomic mass is 19.1. The largest absolute Gasteiger partial charge is 0.381 e. The number of carbonyl (C=O) groups excluding carboxylic acids is 1. The zero-order valence-electron chi connectivity index (χ0n) is 8.99. The highest BCUT2D eigenvalue weighted by Gasteiger charge is 2.18. The number of Topliss-reactive ketones (excluding diaryl/α,β-unsaturated/α-hetero) is 1. The van der Waals surface area contributed by atoms with Gasteiger partial charge in [-0.05, 0) is 30.9 Å². The maximum Gasteiger partial charge on any atom is 0.181 e. The fourth-order valence-electron chi connectivity index (χ4n) is 1.86. The second kappa shape index (κ2) is 5.16. The summed E-state index contributed by atoms with van der Waals surface area (Å²) in [5.41, 5.74) is 0.355. The molecule has 2 rings (SSSR count). The summed E-state index contributed by atoms with van der Waals surface area (Å²) in [6, 6.07) is 2.71. The van der Waals surface area contributed by atoms with Gasteiger partial charge in [0.25, 0.3) is 0 Å². The lowest BCUT2D eigenvalue weighted by Crippen LogP contribution is -2.19. The van der Waals surface area contributed by atoms with Crippen molar-refractivity contribution in [1.29, 1.82) is 0 Å². The fraction of sp³-hybridized carbons (Fsp3) is 0.500. The zero-order chi connectivity index (χ0) is 11.4. The summed E-state index contributed by atoms with van der Waals surface area (Å²) in [5, 5.41) is 0. The van der Waals surface area contributed by atoms with E-state index < -0.39 is 5.82 Å². The van der Waals surface area contributed by atoms with Crippen LogP contribution in [0.5, 0.6) is 0 Å². The van der Waals surface area contributed by atoms with Crippen LogP contribution in [0.1, 0.15) is 29.8 Å². The van der Waals surface area contributed by atoms with E-state index in [0.717, 1.165) is 32.3 Å². The Morgan fingerprint density at radius 3 is 2.81 bits per heavy atom. The molecule has 86 valence electrons. The van der Waals surface area contributed by atoms with Gasteiger partial charge in [-0.2, -0.15) is 0 Å². The predicted octanol–water partition coefficient (Wildman–Crippen LogP) is 2.22. The number of aromatic nitrogens is 1. The van der Waals surface area contributed by atoms with Crippen molar-refractivity contribution in [2.75, 3.05) is 13.2 Å². The molecule has 16 heavy (non-hydrogen) atoms. The smallest absolute Gasteiger partial charge is 0.181 e. The van der Waals surface area contributed by atoms with Gasteiger partial charge in [-0.3, -0.25) is 9.78 Å². The summed E-state index contributed by atoms with van der Waals surface area (Å²) in [6.45, 7) is 1.46. The van der Waals surface area contributed by atoms with Gasteiger partial charge >= 0.3 is 0 Å². The van der Waals surface area contributed by atoms with Gasteiger partial charge in [0.05, 0.1) is 6.20 Å². The number of carbonyl (C=O) groups is 1. The number of nitrogens with zero attached hydrogens (tertiary/aromatic N) is 1. The molecule has 3 nitrogen and oxygen atoms in total. The molecule has 4 heteroatoms. The summed E-state index contributed by atoms with van der Waals surface area (Å²) < 4.78 is 17.8. The van der Waals surface area contributed by atoms with Gasteiger partial charge in [0, 0.05) is 19.6 Å². The number of hydrogen-bond acceptors (Lipinski definition) is 3. The molecule has 1 aromatic rings. The topological polar surface area (TPSA) is 39.2 Å². The molecule has 0 radical (unpaired) electrons. The Hall–Kier alpha value is -1.29. The molecule has 0 aromatic carbocycles. The third-order valence-corrected chi connectivity index (χ3v) is 2.83. The molecule has 1 aliphatic heterocycles. The van der Waals surface area contributed by atoms with Crippen molar-refractivity contribution in [2.24, 2.45) is 5.92 Å². The highest BCUT2D eigenvalue weighted by Crippen LogP contribution is 2.20. The Labute approximate surface area is 93.6 Å². The van der Waals surface area contributed by atoms with Crippen LogP contribution in [0.4, 0.5) is 4.39 Å². The molecule has 1 fully saturated rings. The molecular weight excluding hydrogens is 209 g/mol. The van der Waals surface area contributed by atoms with Gasteiger partial charge in [0.2, 0.25) is 0 Å². The number of ketones is 1. The number of rotatable bonds is 3. The van der Waals surface area contributed by atoms with Gasteiger partial charge in [-0.1, -0.05) is 0 Å². The fourth-order valence-corrected chi connectivity index (χ4v) is 1.86. The second-order valence-corrected chi connectivity index (χ2v) is 4.04. The first-order chi connectivity index (χ1) is 7.75. The Kier molecular flexibility index (Phi) is 3.62. The average Bonchev–Trinajstić information content (AvgIpc) is 2.31. The summed E-state index contributed by atoms with van der Waals surface area (Å²) in [6.07, 6.45) is 3.42. The van der Waals surface area contributed by atoms with Crippen LogP contribution in [-0.4, -0.2) is 24.0 Å². The average molecular weight is 223 g/mol. The van der Waals surface area contributed by atoms with E-state index in [1.807, 2.05) is 0 Å². The first-order valence-electron chi connectivity index (χ1n) is 5.48. The number of pyridine rings is 1. The van der Waals surface area contributed by atoms with Crippen molar-refractivity contribution in [3.05, 3.63) is 29.8 Å². The van der Waals surface area contributed by atoms with Crippen molar-refractivity contribution in [3.8, 4) is 0 Å². The molecule has 1 aliphatic rings. The van der Waals surface area contributed by atoms with Gasteiger partial charge in [0.15, 0.2) is 5.78 Å². The van der Waals surface area contributed by atoms with Gasteiger partial charge < -0.3 is 4.74 Å². The molecule has 2 heterocycles. The molecule has 0 spiro atoms. The van der Waals surface area contributed by atoms with Crippen LogP contribution in [0.2, 0.25) is 0 Å². The van der Waals surface area contributed by atoms with E-state index in [0.29, 0.717) is 18.0 Å². The van der Waals surface area contributed by atoms with E-state index in [9.17, 15) is 9.18 Å². The maximum atomic E-state index is 12.6. The van der Waals surface area contributed by atoms with Crippen LogP contribution in [0.25, 0.3) is 0 Å². The lowest BCUT2D eigenvalue weighted by Gasteiger charge is -2.20. The van der Waals surface area contributed by atoms with Gasteiger partial charge in [0.1, 0.15) is 11.5 Å². The van der Waals surface area contributed by atoms with E-state index in [4.69, 9.17) is 4.74 Å². The van der Waals surface area contributed by atoms with Crippen molar-refractivity contribution < 1.29 is 13.9 Å². The van der Waals surface area contributed by atoms with Crippen LogP contribution in [0.3, 0.4) is 0 Å².